The number of carbonyl (C=O) groups excluding carboxylic acids is 4. The van der Waals surface area contributed by atoms with E-state index in [1.54, 1.807) is 20.8 Å². The van der Waals surface area contributed by atoms with Crippen molar-refractivity contribution in [3.05, 3.63) is 35.5 Å². The second-order valence-corrected chi connectivity index (χ2v) is 7.17. The highest BCUT2D eigenvalue weighted by Gasteiger charge is 2.47. The summed E-state index contributed by atoms with van der Waals surface area (Å²) in [6, 6.07) is 6.72. The molecule has 0 aliphatic carbocycles. The Morgan fingerprint density at radius 3 is 2.57 bits per heavy atom. The molecule has 1 aliphatic rings. The molecule has 28 heavy (non-hydrogen) atoms. The van der Waals surface area contributed by atoms with Crippen molar-refractivity contribution in [2.75, 3.05) is 6.54 Å². The lowest BCUT2D eigenvalue weighted by molar-refractivity contribution is -0.149. The van der Waals surface area contributed by atoms with E-state index in [0.717, 1.165) is 15.8 Å². The van der Waals surface area contributed by atoms with Crippen LogP contribution in [0.2, 0.25) is 0 Å². The summed E-state index contributed by atoms with van der Waals surface area (Å²) >= 11 is 0. The molecule has 0 saturated carbocycles. The van der Waals surface area contributed by atoms with E-state index in [4.69, 9.17) is 4.74 Å². The number of rotatable bonds is 6. The monoisotopic (exact) mass is 385 g/mol. The zero-order valence-electron chi connectivity index (χ0n) is 16.3. The zero-order chi connectivity index (χ0) is 20.6. The van der Waals surface area contributed by atoms with Crippen LogP contribution in [-0.2, 0) is 14.3 Å². The van der Waals surface area contributed by atoms with E-state index in [9.17, 15) is 19.2 Å². The highest BCUT2D eigenvalue weighted by atomic mass is 16.5. The highest BCUT2D eigenvalue weighted by Crippen LogP contribution is 2.24. The molecule has 0 unspecified atom stereocenters. The van der Waals surface area contributed by atoms with Crippen LogP contribution < -0.4 is 5.32 Å². The molecule has 2 atom stereocenters. The number of ketones is 1. The fourth-order valence-corrected chi connectivity index (χ4v) is 3.34. The molecule has 8 nitrogen and oxygen atoms in total. The number of amides is 3. The number of aromatic nitrogens is 1. The number of aromatic amines is 1. The van der Waals surface area contributed by atoms with Crippen molar-refractivity contribution in [2.24, 2.45) is 0 Å². The lowest BCUT2D eigenvalue weighted by Gasteiger charge is -2.19. The van der Waals surface area contributed by atoms with Gasteiger partial charge in [0, 0.05) is 22.2 Å². The van der Waals surface area contributed by atoms with Gasteiger partial charge in [0.25, 0.3) is 5.91 Å². The van der Waals surface area contributed by atoms with Crippen LogP contribution in [0.3, 0.4) is 0 Å². The third kappa shape index (κ3) is 3.26. The maximum absolute atomic E-state index is 12.8. The average Bonchev–Trinajstić information content (AvgIpc) is 3.09. The average molecular weight is 385 g/mol. The van der Waals surface area contributed by atoms with Crippen molar-refractivity contribution >= 4 is 34.6 Å². The maximum atomic E-state index is 12.8. The number of para-hydroxylation sites is 1. The van der Waals surface area contributed by atoms with Crippen LogP contribution in [0, 0.1) is 6.92 Å². The molecule has 1 aliphatic heterocycles. The number of nitrogens with one attached hydrogen (secondary N) is 2. The van der Waals surface area contributed by atoms with E-state index in [-0.39, 0.29) is 5.78 Å². The molecule has 1 fully saturated rings. The third-order valence-electron chi connectivity index (χ3n) is 5.16. The predicted octanol–water partition coefficient (Wildman–Crippen LogP) is 2.31. The van der Waals surface area contributed by atoms with Crippen molar-refractivity contribution in [2.45, 2.75) is 45.8 Å². The molecule has 8 heteroatoms. The number of aryl methyl sites for hydroxylation is 1. The SMILES string of the molecule is CC[C@]1(C)NC(=O)N(CC(=O)O[C@@H](C)C(=O)c2c(C)[nH]c3ccccc23)C1=O. The number of urea groups is 1. The van der Waals surface area contributed by atoms with Gasteiger partial charge < -0.3 is 15.0 Å². The Hall–Kier alpha value is -3.16. The van der Waals surface area contributed by atoms with Gasteiger partial charge >= 0.3 is 12.0 Å². The summed E-state index contributed by atoms with van der Waals surface area (Å²) in [5, 5.41) is 3.32. The number of ether oxygens (including phenoxy) is 1. The molecular formula is C20H23N3O5. The third-order valence-corrected chi connectivity index (χ3v) is 5.16. The number of imide groups is 1. The van der Waals surface area contributed by atoms with Crippen LogP contribution in [0.15, 0.2) is 24.3 Å². The molecule has 0 spiro atoms. The van der Waals surface area contributed by atoms with E-state index < -0.39 is 36.1 Å². The second kappa shape index (κ2) is 7.10. The summed E-state index contributed by atoms with van der Waals surface area (Å²) in [7, 11) is 0. The minimum absolute atomic E-state index is 0.348. The number of carbonyl (C=O) groups is 4. The van der Waals surface area contributed by atoms with E-state index >= 15 is 0 Å². The predicted molar refractivity (Wildman–Crippen MR) is 102 cm³/mol. The van der Waals surface area contributed by atoms with Gasteiger partial charge in [-0.1, -0.05) is 25.1 Å². The minimum Gasteiger partial charge on any atom is -0.453 e. The lowest BCUT2D eigenvalue weighted by Crippen LogP contribution is -2.43. The van der Waals surface area contributed by atoms with Crippen molar-refractivity contribution in [1.29, 1.82) is 0 Å². The Labute approximate surface area is 162 Å². The molecule has 0 bridgehead atoms. The maximum Gasteiger partial charge on any atom is 0.326 e. The standard InChI is InChI=1S/C20H23N3O5/c1-5-20(4)18(26)23(19(27)22-20)10-15(24)28-12(3)17(25)16-11(2)21-14-9-7-6-8-13(14)16/h6-9,12,21H,5,10H2,1-4H3,(H,22,27)/t12-,20-/m0/s1. The minimum atomic E-state index is -1.05. The number of hydrogen-bond acceptors (Lipinski definition) is 5. The van der Waals surface area contributed by atoms with Gasteiger partial charge in [-0.2, -0.15) is 0 Å². The highest BCUT2D eigenvalue weighted by molar-refractivity contribution is 6.12. The molecule has 2 aromatic rings. The summed E-state index contributed by atoms with van der Waals surface area (Å²) < 4.78 is 5.22. The Morgan fingerprint density at radius 2 is 1.93 bits per heavy atom. The quantitative estimate of drug-likeness (QED) is 0.451. The molecule has 3 rings (SSSR count). The molecule has 1 aromatic heterocycles. The van der Waals surface area contributed by atoms with E-state index in [2.05, 4.69) is 10.3 Å². The molecule has 0 radical (unpaired) electrons. The Kier molecular flexibility index (Phi) is 4.97. The summed E-state index contributed by atoms with van der Waals surface area (Å²) in [5.74, 6) is -1.65. The van der Waals surface area contributed by atoms with Crippen molar-refractivity contribution in [3.8, 4) is 0 Å². The molecule has 1 saturated heterocycles. The summed E-state index contributed by atoms with van der Waals surface area (Å²) in [6.45, 7) is 6.09. The van der Waals surface area contributed by atoms with Crippen molar-refractivity contribution < 1.29 is 23.9 Å². The van der Waals surface area contributed by atoms with Crippen LogP contribution in [0.1, 0.15) is 43.2 Å². The van der Waals surface area contributed by atoms with Crippen molar-refractivity contribution in [1.82, 2.24) is 15.2 Å². The Bertz CT molecular complexity index is 979. The van der Waals surface area contributed by atoms with Gasteiger partial charge in [-0.25, -0.2) is 4.79 Å². The van der Waals surface area contributed by atoms with Gasteiger partial charge in [-0.3, -0.25) is 19.3 Å². The topological polar surface area (TPSA) is 109 Å². The molecule has 2 N–H and O–H groups in total. The van der Waals surface area contributed by atoms with Gasteiger partial charge in [-0.05, 0) is 33.3 Å². The van der Waals surface area contributed by atoms with Gasteiger partial charge in [0.05, 0.1) is 0 Å². The van der Waals surface area contributed by atoms with E-state index in [1.165, 1.54) is 6.92 Å². The summed E-state index contributed by atoms with van der Waals surface area (Å²) in [6.07, 6.45) is -0.651. The number of nitrogens with zero attached hydrogens (tertiary/aromatic N) is 1. The fourth-order valence-electron chi connectivity index (χ4n) is 3.34. The first-order chi connectivity index (χ1) is 13.2. The first-order valence-corrected chi connectivity index (χ1v) is 9.13. The smallest absolute Gasteiger partial charge is 0.326 e. The van der Waals surface area contributed by atoms with Gasteiger partial charge in [0.2, 0.25) is 5.78 Å². The van der Waals surface area contributed by atoms with Crippen LogP contribution in [0.25, 0.3) is 10.9 Å². The Balaban J connectivity index is 1.71. The van der Waals surface area contributed by atoms with E-state index in [1.807, 2.05) is 24.3 Å². The lowest BCUT2D eigenvalue weighted by atomic mass is 9.99. The number of Topliss-reactive ketones (excluding diaryl/α,β-unsaturated/α-hetero) is 1. The molecular weight excluding hydrogens is 362 g/mol. The summed E-state index contributed by atoms with van der Waals surface area (Å²) in [4.78, 5) is 53.4. The first kappa shape index (κ1) is 19.6. The Morgan fingerprint density at radius 1 is 1.25 bits per heavy atom. The number of esters is 1. The number of hydrogen-bond donors (Lipinski definition) is 2. The molecule has 1 aromatic carbocycles. The van der Waals surface area contributed by atoms with Crippen LogP contribution in [0.5, 0.6) is 0 Å². The normalized spacial score (nSPS) is 20.4. The second-order valence-electron chi connectivity index (χ2n) is 7.17. The van der Waals surface area contributed by atoms with Crippen LogP contribution >= 0.6 is 0 Å². The van der Waals surface area contributed by atoms with E-state index in [0.29, 0.717) is 17.7 Å². The van der Waals surface area contributed by atoms with Gasteiger partial charge in [0.1, 0.15) is 12.1 Å². The number of fused-ring (bicyclic) bond motifs is 1. The van der Waals surface area contributed by atoms with Crippen LogP contribution in [0.4, 0.5) is 4.79 Å². The molecule has 3 amide bonds. The number of H-pyrrole nitrogens is 1. The number of benzene rings is 1. The van der Waals surface area contributed by atoms with Gasteiger partial charge in [-0.15, -0.1) is 0 Å². The summed E-state index contributed by atoms with van der Waals surface area (Å²) in [5.41, 5.74) is 0.936. The molecule has 148 valence electrons. The largest absolute Gasteiger partial charge is 0.453 e. The van der Waals surface area contributed by atoms with Crippen molar-refractivity contribution in [3.63, 3.8) is 0 Å². The molecule has 2 heterocycles. The zero-order valence-corrected chi connectivity index (χ0v) is 16.3. The van der Waals surface area contributed by atoms with Gasteiger partial charge in [0.15, 0.2) is 6.10 Å². The first-order valence-electron chi connectivity index (χ1n) is 9.13. The fraction of sp³-hybridized carbons (Fsp3) is 0.400. The van der Waals surface area contributed by atoms with Crippen LogP contribution in [-0.4, -0.2) is 51.8 Å².